The molecule has 0 radical (unpaired) electrons. The first kappa shape index (κ1) is 12.4. The molecule has 0 aromatic heterocycles. The third-order valence-electron chi connectivity index (χ3n) is 4.11. The Labute approximate surface area is 113 Å². The number of rotatable bonds is 4. The van der Waals surface area contributed by atoms with Gasteiger partial charge in [-0.15, -0.1) is 0 Å². The Morgan fingerprint density at radius 2 is 1.84 bits per heavy atom. The second-order valence-electron chi connectivity index (χ2n) is 5.71. The van der Waals surface area contributed by atoms with Gasteiger partial charge >= 0.3 is 0 Å². The van der Waals surface area contributed by atoms with E-state index in [1.54, 1.807) is 0 Å². The lowest BCUT2D eigenvalue weighted by molar-refractivity contribution is 0.0900. The van der Waals surface area contributed by atoms with Crippen molar-refractivity contribution in [3.05, 3.63) is 47.5 Å². The molecule has 0 saturated heterocycles. The highest BCUT2D eigenvalue weighted by Gasteiger charge is 2.49. The molecule has 0 amide bonds. The van der Waals surface area contributed by atoms with Crippen molar-refractivity contribution in [2.45, 2.75) is 19.8 Å². The fraction of sp³-hybridized carbons (Fsp3) is 0.353. The van der Waals surface area contributed by atoms with E-state index in [0.717, 1.165) is 30.3 Å². The zero-order valence-electron chi connectivity index (χ0n) is 11.5. The van der Waals surface area contributed by atoms with E-state index in [1.165, 1.54) is 10.9 Å². The molecule has 1 saturated carbocycles. The first-order chi connectivity index (χ1) is 9.14. The van der Waals surface area contributed by atoms with Crippen molar-refractivity contribution in [2.24, 2.45) is 5.41 Å². The van der Waals surface area contributed by atoms with E-state index in [9.17, 15) is 4.79 Å². The van der Waals surface area contributed by atoms with Crippen LogP contribution in [0.15, 0.2) is 36.4 Å². The van der Waals surface area contributed by atoms with Crippen molar-refractivity contribution >= 4 is 16.6 Å². The summed E-state index contributed by atoms with van der Waals surface area (Å²) in [5.74, 6) is 0.296. The van der Waals surface area contributed by atoms with Gasteiger partial charge in [0.1, 0.15) is 0 Å². The zero-order chi connectivity index (χ0) is 13.5. The number of carbonyl (C=O) groups excluding carboxylic acids is 1. The maximum atomic E-state index is 12.6. The van der Waals surface area contributed by atoms with Gasteiger partial charge in [0.2, 0.25) is 0 Å². The molecule has 0 bridgehead atoms. The summed E-state index contributed by atoms with van der Waals surface area (Å²) in [4.78, 5) is 12.6. The molecule has 2 aromatic rings. The van der Waals surface area contributed by atoms with Crippen LogP contribution in [0.5, 0.6) is 0 Å². The molecule has 0 unspecified atom stereocenters. The first-order valence-corrected chi connectivity index (χ1v) is 6.84. The maximum Gasteiger partial charge on any atom is 0.170 e. The smallest absolute Gasteiger partial charge is 0.170 e. The summed E-state index contributed by atoms with van der Waals surface area (Å²) in [6, 6.07) is 12.4. The van der Waals surface area contributed by atoms with Crippen molar-refractivity contribution in [1.29, 1.82) is 0 Å². The molecule has 2 nitrogen and oxygen atoms in total. The minimum atomic E-state index is -0.132. The minimum Gasteiger partial charge on any atom is -0.319 e. The molecule has 3 rings (SSSR count). The molecule has 0 atom stereocenters. The van der Waals surface area contributed by atoms with Crippen molar-refractivity contribution < 1.29 is 4.79 Å². The van der Waals surface area contributed by atoms with Crippen LogP contribution in [-0.4, -0.2) is 19.4 Å². The fourth-order valence-corrected chi connectivity index (χ4v) is 2.79. The monoisotopic (exact) mass is 253 g/mol. The number of carbonyl (C=O) groups is 1. The number of benzene rings is 2. The van der Waals surface area contributed by atoms with E-state index in [2.05, 4.69) is 36.5 Å². The molecule has 1 aliphatic rings. The van der Waals surface area contributed by atoms with Crippen molar-refractivity contribution in [3.8, 4) is 0 Å². The van der Waals surface area contributed by atoms with Gasteiger partial charge in [-0.2, -0.15) is 0 Å². The molecular weight excluding hydrogens is 234 g/mol. The summed E-state index contributed by atoms with van der Waals surface area (Å²) in [5, 5.41) is 5.50. The number of hydrogen-bond donors (Lipinski definition) is 1. The highest BCUT2D eigenvalue weighted by atomic mass is 16.1. The van der Waals surface area contributed by atoms with E-state index in [-0.39, 0.29) is 5.41 Å². The van der Waals surface area contributed by atoms with Crippen LogP contribution >= 0.6 is 0 Å². The molecule has 2 heteroatoms. The van der Waals surface area contributed by atoms with E-state index in [4.69, 9.17) is 0 Å². The lowest BCUT2D eigenvalue weighted by Gasteiger charge is -2.13. The Hall–Kier alpha value is -1.67. The van der Waals surface area contributed by atoms with Crippen LogP contribution in [0.1, 0.15) is 28.8 Å². The second-order valence-corrected chi connectivity index (χ2v) is 5.71. The number of fused-ring (bicyclic) bond motifs is 1. The summed E-state index contributed by atoms with van der Waals surface area (Å²) in [5.41, 5.74) is 1.97. The number of aryl methyl sites for hydroxylation is 1. The molecule has 1 N–H and O–H groups in total. The average Bonchev–Trinajstić information content (AvgIpc) is 3.18. The van der Waals surface area contributed by atoms with Gasteiger partial charge in [0.05, 0.1) is 0 Å². The van der Waals surface area contributed by atoms with Gasteiger partial charge in [-0.05, 0) is 43.7 Å². The summed E-state index contributed by atoms with van der Waals surface area (Å²) in [6.07, 6.45) is 2.03. The van der Waals surface area contributed by atoms with E-state index in [0.29, 0.717) is 5.78 Å². The van der Waals surface area contributed by atoms with Crippen LogP contribution in [0, 0.1) is 12.3 Å². The van der Waals surface area contributed by atoms with Crippen molar-refractivity contribution in [1.82, 2.24) is 5.32 Å². The van der Waals surface area contributed by atoms with Gasteiger partial charge in [0.25, 0.3) is 0 Å². The molecule has 0 heterocycles. The number of hydrogen-bond acceptors (Lipinski definition) is 2. The van der Waals surface area contributed by atoms with Crippen LogP contribution in [0.2, 0.25) is 0 Å². The van der Waals surface area contributed by atoms with E-state index < -0.39 is 0 Å². The second kappa shape index (κ2) is 4.46. The number of ketones is 1. The standard InChI is InChI=1S/C17H19NO/c1-12-3-4-14-10-15(6-5-13(14)9-12)16(19)17(7-8-17)11-18-2/h3-6,9-10,18H,7-8,11H2,1-2H3. The van der Waals surface area contributed by atoms with Gasteiger partial charge in [-0.25, -0.2) is 0 Å². The fourth-order valence-electron chi connectivity index (χ4n) is 2.79. The Morgan fingerprint density at radius 1 is 1.16 bits per heavy atom. The molecule has 1 aliphatic carbocycles. The molecule has 0 spiro atoms. The lowest BCUT2D eigenvalue weighted by atomic mass is 9.93. The minimum absolute atomic E-state index is 0.132. The third kappa shape index (κ3) is 2.17. The summed E-state index contributed by atoms with van der Waals surface area (Å²) in [6.45, 7) is 2.88. The highest BCUT2D eigenvalue weighted by Crippen LogP contribution is 2.47. The average molecular weight is 253 g/mol. The van der Waals surface area contributed by atoms with Gasteiger partial charge in [0.15, 0.2) is 5.78 Å². The third-order valence-corrected chi connectivity index (χ3v) is 4.11. The summed E-state index contributed by atoms with van der Waals surface area (Å²) in [7, 11) is 1.91. The Balaban J connectivity index is 1.97. The van der Waals surface area contributed by atoms with Gasteiger partial charge in [-0.3, -0.25) is 4.79 Å². The molecule has 2 aromatic carbocycles. The predicted molar refractivity (Wildman–Crippen MR) is 78.6 cm³/mol. The SMILES string of the molecule is CNCC1(C(=O)c2ccc3cc(C)ccc3c2)CC1. The molecule has 1 fully saturated rings. The van der Waals surface area contributed by atoms with E-state index in [1.807, 2.05) is 19.2 Å². The van der Waals surface area contributed by atoms with Crippen molar-refractivity contribution in [2.75, 3.05) is 13.6 Å². The van der Waals surface area contributed by atoms with E-state index >= 15 is 0 Å². The van der Waals surface area contributed by atoms with Crippen LogP contribution < -0.4 is 5.32 Å². The Morgan fingerprint density at radius 3 is 2.53 bits per heavy atom. The number of nitrogens with one attached hydrogen (secondary N) is 1. The Bertz CT molecular complexity index is 641. The largest absolute Gasteiger partial charge is 0.319 e. The Kier molecular flexibility index (Phi) is 2.90. The normalized spacial score (nSPS) is 16.5. The van der Waals surface area contributed by atoms with Crippen LogP contribution in [-0.2, 0) is 0 Å². The van der Waals surface area contributed by atoms with Crippen LogP contribution in [0.25, 0.3) is 10.8 Å². The summed E-state index contributed by atoms with van der Waals surface area (Å²) < 4.78 is 0. The molecular formula is C17H19NO. The number of Topliss-reactive ketones (excluding diaryl/α,β-unsaturated/α-hetero) is 1. The molecule has 98 valence electrons. The van der Waals surface area contributed by atoms with Gasteiger partial charge < -0.3 is 5.32 Å². The lowest BCUT2D eigenvalue weighted by Crippen LogP contribution is -2.27. The topological polar surface area (TPSA) is 29.1 Å². The molecule has 0 aliphatic heterocycles. The summed E-state index contributed by atoms with van der Waals surface area (Å²) >= 11 is 0. The van der Waals surface area contributed by atoms with Crippen LogP contribution in [0.4, 0.5) is 0 Å². The maximum absolute atomic E-state index is 12.6. The van der Waals surface area contributed by atoms with Crippen LogP contribution in [0.3, 0.4) is 0 Å². The van der Waals surface area contributed by atoms with Crippen molar-refractivity contribution in [3.63, 3.8) is 0 Å². The predicted octanol–water partition coefficient (Wildman–Crippen LogP) is 3.33. The highest BCUT2D eigenvalue weighted by molar-refractivity contribution is 6.05. The quantitative estimate of drug-likeness (QED) is 0.847. The van der Waals surface area contributed by atoms with Gasteiger partial charge in [-0.1, -0.05) is 35.9 Å². The first-order valence-electron chi connectivity index (χ1n) is 6.84. The molecule has 19 heavy (non-hydrogen) atoms. The zero-order valence-corrected chi connectivity index (χ0v) is 11.5. The van der Waals surface area contributed by atoms with Gasteiger partial charge in [0, 0.05) is 17.5 Å².